The molecule has 1 aliphatic rings. The molecule has 0 saturated carbocycles. The molecular formula is C18H15F4NO3. The van der Waals surface area contributed by atoms with E-state index < -0.39 is 35.3 Å². The molecule has 1 aliphatic heterocycles. The van der Waals surface area contributed by atoms with Crippen LogP contribution in [0.15, 0.2) is 40.8 Å². The molecule has 8 heteroatoms. The average molecular weight is 369 g/mol. The molecular weight excluding hydrogens is 354 g/mol. The molecule has 1 saturated heterocycles. The summed E-state index contributed by atoms with van der Waals surface area (Å²) in [6.07, 6.45) is -3.58. The zero-order chi connectivity index (χ0) is 18.9. The minimum absolute atomic E-state index is 0.0805. The number of carbonyl (C=O) groups excluding carboxylic acids is 2. The molecule has 2 heterocycles. The monoisotopic (exact) mass is 369 g/mol. The first-order valence-corrected chi connectivity index (χ1v) is 8.02. The number of hydrogen-bond acceptors (Lipinski definition) is 3. The van der Waals surface area contributed by atoms with Crippen LogP contribution in [0.2, 0.25) is 0 Å². The minimum atomic E-state index is -4.67. The van der Waals surface area contributed by atoms with Crippen LogP contribution in [-0.4, -0.2) is 29.7 Å². The van der Waals surface area contributed by atoms with Gasteiger partial charge in [0.15, 0.2) is 11.5 Å². The summed E-state index contributed by atoms with van der Waals surface area (Å²) < 4.78 is 55.4. The molecule has 1 aromatic carbocycles. The number of ketones is 1. The number of hydrogen-bond donors (Lipinski definition) is 0. The second-order valence-electron chi connectivity index (χ2n) is 6.12. The molecule has 26 heavy (non-hydrogen) atoms. The summed E-state index contributed by atoms with van der Waals surface area (Å²) in [6.45, 7) is 0.408. The number of alkyl halides is 3. The first-order chi connectivity index (χ1) is 12.3. The Bertz CT molecular complexity index is 811. The van der Waals surface area contributed by atoms with Gasteiger partial charge >= 0.3 is 6.18 Å². The fourth-order valence-corrected chi connectivity index (χ4v) is 2.99. The van der Waals surface area contributed by atoms with Crippen molar-refractivity contribution in [1.29, 1.82) is 0 Å². The predicted octanol–water partition coefficient (Wildman–Crippen LogP) is 4.17. The van der Waals surface area contributed by atoms with E-state index in [2.05, 4.69) is 4.42 Å². The van der Waals surface area contributed by atoms with Gasteiger partial charge in [0.2, 0.25) is 5.76 Å². The Labute approximate surface area is 146 Å². The second-order valence-corrected chi connectivity index (χ2v) is 6.12. The van der Waals surface area contributed by atoms with E-state index in [1.54, 1.807) is 0 Å². The highest BCUT2D eigenvalue weighted by atomic mass is 19.4. The maximum absolute atomic E-state index is 13.0. The van der Waals surface area contributed by atoms with Crippen molar-refractivity contribution in [1.82, 2.24) is 4.90 Å². The van der Waals surface area contributed by atoms with Gasteiger partial charge in [0.25, 0.3) is 5.91 Å². The summed E-state index contributed by atoms with van der Waals surface area (Å²) in [4.78, 5) is 26.2. The molecule has 138 valence electrons. The summed E-state index contributed by atoms with van der Waals surface area (Å²) in [6, 6.07) is 6.80. The van der Waals surface area contributed by atoms with Crippen molar-refractivity contribution in [2.45, 2.75) is 19.0 Å². The van der Waals surface area contributed by atoms with Gasteiger partial charge in [-0.1, -0.05) is 0 Å². The number of amides is 1. The van der Waals surface area contributed by atoms with E-state index in [1.165, 1.54) is 29.2 Å². The standard InChI is InChI=1S/C18H15F4NO3/c19-13-5-3-11(4-6-13)16(24)12-2-1-9-23(10-12)17(25)14-7-8-15(26-14)18(20,21)22/h3-8,12H,1-2,9-10H2/t12-/m0/s1. The lowest BCUT2D eigenvalue weighted by atomic mass is 9.90. The Morgan fingerprint density at radius 3 is 2.38 bits per heavy atom. The molecule has 1 amide bonds. The van der Waals surface area contributed by atoms with E-state index in [-0.39, 0.29) is 12.3 Å². The fraction of sp³-hybridized carbons (Fsp3) is 0.333. The zero-order valence-electron chi connectivity index (χ0n) is 13.6. The number of rotatable bonds is 3. The third kappa shape index (κ3) is 3.79. The van der Waals surface area contributed by atoms with Gasteiger partial charge < -0.3 is 9.32 Å². The normalized spacial score (nSPS) is 18.0. The molecule has 2 aromatic rings. The van der Waals surface area contributed by atoms with Gasteiger partial charge in [-0.05, 0) is 49.2 Å². The topological polar surface area (TPSA) is 50.5 Å². The third-order valence-corrected chi connectivity index (χ3v) is 4.30. The van der Waals surface area contributed by atoms with Crippen LogP contribution in [-0.2, 0) is 6.18 Å². The first kappa shape index (κ1) is 18.2. The van der Waals surface area contributed by atoms with E-state index in [1.807, 2.05) is 0 Å². The van der Waals surface area contributed by atoms with Crippen LogP contribution in [0.25, 0.3) is 0 Å². The number of piperidine rings is 1. The number of halogens is 4. The van der Waals surface area contributed by atoms with E-state index >= 15 is 0 Å². The highest BCUT2D eigenvalue weighted by Crippen LogP contribution is 2.31. The Balaban J connectivity index is 1.71. The quantitative estimate of drug-likeness (QED) is 0.603. The lowest BCUT2D eigenvalue weighted by Crippen LogP contribution is -2.42. The van der Waals surface area contributed by atoms with Gasteiger partial charge in [-0.2, -0.15) is 13.2 Å². The van der Waals surface area contributed by atoms with Gasteiger partial charge in [0, 0.05) is 24.6 Å². The molecule has 0 radical (unpaired) electrons. The maximum atomic E-state index is 13.0. The number of likely N-dealkylation sites (tertiary alicyclic amines) is 1. The smallest absolute Gasteiger partial charge is 0.446 e. The van der Waals surface area contributed by atoms with Gasteiger partial charge in [-0.15, -0.1) is 0 Å². The number of benzene rings is 1. The second kappa shape index (κ2) is 6.93. The molecule has 0 bridgehead atoms. The number of carbonyl (C=O) groups is 2. The molecule has 0 N–H and O–H groups in total. The van der Waals surface area contributed by atoms with E-state index in [9.17, 15) is 27.2 Å². The number of furan rings is 1. The van der Waals surface area contributed by atoms with Gasteiger partial charge in [-0.3, -0.25) is 9.59 Å². The van der Waals surface area contributed by atoms with Crippen molar-refractivity contribution in [2.75, 3.05) is 13.1 Å². The maximum Gasteiger partial charge on any atom is 0.449 e. The van der Waals surface area contributed by atoms with Crippen molar-refractivity contribution in [3.8, 4) is 0 Å². The molecule has 0 aliphatic carbocycles. The Kier molecular flexibility index (Phi) is 4.84. The van der Waals surface area contributed by atoms with E-state index in [0.29, 0.717) is 31.0 Å². The average Bonchev–Trinajstić information content (AvgIpc) is 3.12. The van der Waals surface area contributed by atoms with Crippen LogP contribution in [0.1, 0.15) is 39.5 Å². The Morgan fingerprint density at radius 2 is 1.77 bits per heavy atom. The SMILES string of the molecule is O=C(c1ccc(F)cc1)[C@H]1CCCN(C(=O)c2ccc(C(F)(F)F)o2)C1. The Morgan fingerprint density at radius 1 is 1.08 bits per heavy atom. The van der Waals surface area contributed by atoms with E-state index in [0.717, 1.165) is 6.07 Å². The summed E-state index contributed by atoms with van der Waals surface area (Å²) in [7, 11) is 0. The lowest BCUT2D eigenvalue weighted by Gasteiger charge is -2.31. The highest BCUT2D eigenvalue weighted by molar-refractivity contribution is 5.99. The molecule has 1 atom stereocenters. The molecule has 0 spiro atoms. The van der Waals surface area contributed by atoms with Crippen LogP contribution in [0.5, 0.6) is 0 Å². The molecule has 3 rings (SSSR count). The Hall–Kier alpha value is -2.64. The minimum Gasteiger partial charge on any atom is -0.446 e. The van der Waals surface area contributed by atoms with Crippen LogP contribution in [0, 0.1) is 11.7 Å². The highest BCUT2D eigenvalue weighted by Gasteiger charge is 2.37. The molecule has 0 unspecified atom stereocenters. The number of Topliss-reactive ketones (excluding diaryl/α,β-unsaturated/α-hetero) is 1. The summed E-state index contributed by atoms with van der Waals surface area (Å²) in [5.41, 5.74) is 0.336. The lowest BCUT2D eigenvalue weighted by molar-refractivity contribution is -0.153. The fourth-order valence-electron chi connectivity index (χ4n) is 2.99. The molecule has 1 aromatic heterocycles. The van der Waals surface area contributed by atoms with E-state index in [4.69, 9.17) is 0 Å². The van der Waals surface area contributed by atoms with Crippen molar-refractivity contribution in [3.05, 3.63) is 59.3 Å². The summed E-state index contributed by atoms with van der Waals surface area (Å²) in [5, 5.41) is 0. The predicted molar refractivity (Wildman–Crippen MR) is 83.1 cm³/mol. The van der Waals surface area contributed by atoms with Gasteiger partial charge in [0.05, 0.1) is 0 Å². The summed E-state index contributed by atoms with van der Waals surface area (Å²) >= 11 is 0. The number of nitrogens with zero attached hydrogens (tertiary/aromatic N) is 1. The largest absolute Gasteiger partial charge is 0.449 e. The van der Waals surface area contributed by atoms with Crippen molar-refractivity contribution in [3.63, 3.8) is 0 Å². The summed E-state index contributed by atoms with van der Waals surface area (Å²) in [5.74, 6) is -3.51. The van der Waals surface area contributed by atoms with Crippen LogP contribution in [0.4, 0.5) is 17.6 Å². The van der Waals surface area contributed by atoms with Crippen LogP contribution >= 0.6 is 0 Å². The van der Waals surface area contributed by atoms with Crippen molar-refractivity contribution >= 4 is 11.7 Å². The van der Waals surface area contributed by atoms with Crippen molar-refractivity contribution in [2.24, 2.45) is 5.92 Å². The van der Waals surface area contributed by atoms with Crippen LogP contribution in [0.3, 0.4) is 0 Å². The van der Waals surface area contributed by atoms with Gasteiger partial charge in [-0.25, -0.2) is 4.39 Å². The molecule has 4 nitrogen and oxygen atoms in total. The third-order valence-electron chi connectivity index (χ3n) is 4.30. The first-order valence-electron chi connectivity index (χ1n) is 8.02. The van der Waals surface area contributed by atoms with Gasteiger partial charge in [0.1, 0.15) is 5.82 Å². The van der Waals surface area contributed by atoms with Crippen molar-refractivity contribution < 1.29 is 31.6 Å². The molecule has 1 fully saturated rings. The zero-order valence-corrected chi connectivity index (χ0v) is 13.6. The van der Waals surface area contributed by atoms with Crippen LogP contribution < -0.4 is 0 Å².